The summed E-state index contributed by atoms with van der Waals surface area (Å²) in [4.78, 5) is 15.2. The molecule has 0 spiro atoms. The predicted molar refractivity (Wildman–Crippen MR) is 111 cm³/mol. The van der Waals surface area contributed by atoms with Crippen molar-refractivity contribution < 1.29 is 13.7 Å². The molecule has 1 amide bonds. The fourth-order valence-electron chi connectivity index (χ4n) is 3.65. The maximum atomic E-state index is 12.6. The van der Waals surface area contributed by atoms with Gasteiger partial charge in [-0.25, -0.2) is 0 Å². The lowest BCUT2D eigenvalue weighted by Gasteiger charge is -2.21. The van der Waals surface area contributed by atoms with Gasteiger partial charge in [-0.05, 0) is 56.0 Å². The molecule has 144 valence electrons. The van der Waals surface area contributed by atoms with Gasteiger partial charge in [0, 0.05) is 62.3 Å². The van der Waals surface area contributed by atoms with Crippen molar-refractivity contribution in [2.75, 3.05) is 18.5 Å². The number of carbonyl (C=O) groups excluding carboxylic acids is 1. The SMILES string of the molecule is Cc1ccc(C2CC2C(=O)Nc2cccc(CS(=O)C3CCOCC3)c2)s1. The molecule has 1 aliphatic carbocycles. The van der Waals surface area contributed by atoms with Gasteiger partial charge in [-0.3, -0.25) is 9.00 Å². The summed E-state index contributed by atoms with van der Waals surface area (Å²) in [5, 5.41) is 3.27. The second-order valence-corrected chi connectivity index (χ2v) is 10.5. The maximum absolute atomic E-state index is 12.6. The summed E-state index contributed by atoms with van der Waals surface area (Å²) < 4.78 is 17.9. The predicted octanol–water partition coefficient (Wildman–Crippen LogP) is 4.23. The minimum Gasteiger partial charge on any atom is -0.381 e. The molecule has 2 heterocycles. The number of nitrogens with one attached hydrogen (secondary N) is 1. The van der Waals surface area contributed by atoms with Crippen molar-refractivity contribution in [2.45, 2.75) is 43.1 Å². The van der Waals surface area contributed by atoms with E-state index in [0.29, 0.717) is 24.9 Å². The number of ether oxygens (including phenoxy) is 1. The average Bonchev–Trinajstić information content (AvgIpc) is 3.37. The Hall–Kier alpha value is -1.50. The monoisotopic (exact) mass is 403 g/mol. The Balaban J connectivity index is 1.34. The van der Waals surface area contributed by atoms with Crippen LogP contribution in [-0.2, 0) is 26.1 Å². The first kappa shape index (κ1) is 18.8. The number of thiophene rings is 1. The normalized spacial score (nSPS) is 23.7. The summed E-state index contributed by atoms with van der Waals surface area (Å²) in [7, 11) is -0.894. The van der Waals surface area contributed by atoms with E-state index < -0.39 is 10.8 Å². The Morgan fingerprint density at radius 1 is 1.26 bits per heavy atom. The molecule has 0 radical (unpaired) electrons. The summed E-state index contributed by atoms with van der Waals surface area (Å²) in [5.41, 5.74) is 1.81. The van der Waals surface area contributed by atoms with Crippen LogP contribution in [0.3, 0.4) is 0 Å². The van der Waals surface area contributed by atoms with Crippen LogP contribution in [0.25, 0.3) is 0 Å². The van der Waals surface area contributed by atoms with Gasteiger partial charge in [-0.2, -0.15) is 0 Å². The average molecular weight is 404 g/mol. The zero-order chi connectivity index (χ0) is 18.8. The van der Waals surface area contributed by atoms with Gasteiger partial charge in [0.05, 0.1) is 0 Å². The van der Waals surface area contributed by atoms with Crippen LogP contribution in [0.4, 0.5) is 5.69 Å². The molecule has 3 atom stereocenters. The second-order valence-electron chi connectivity index (χ2n) is 7.42. The maximum Gasteiger partial charge on any atom is 0.228 e. The van der Waals surface area contributed by atoms with E-state index in [1.807, 2.05) is 24.3 Å². The molecular weight excluding hydrogens is 378 g/mol. The highest BCUT2D eigenvalue weighted by Crippen LogP contribution is 2.50. The van der Waals surface area contributed by atoms with Gasteiger partial charge < -0.3 is 10.1 Å². The molecule has 1 saturated heterocycles. The number of hydrogen-bond donors (Lipinski definition) is 1. The zero-order valence-electron chi connectivity index (χ0n) is 15.5. The summed E-state index contributed by atoms with van der Waals surface area (Å²) in [6.45, 7) is 3.51. The lowest BCUT2D eigenvalue weighted by atomic mass is 10.2. The molecule has 4 nitrogen and oxygen atoms in total. The summed E-state index contributed by atoms with van der Waals surface area (Å²) in [6, 6.07) is 12.0. The summed E-state index contributed by atoms with van der Waals surface area (Å²) in [6.07, 6.45) is 2.67. The van der Waals surface area contributed by atoms with Crippen molar-refractivity contribution in [3.8, 4) is 0 Å². The van der Waals surface area contributed by atoms with E-state index in [1.165, 1.54) is 9.75 Å². The number of anilines is 1. The van der Waals surface area contributed by atoms with Gasteiger partial charge in [-0.15, -0.1) is 11.3 Å². The van der Waals surface area contributed by atoms with Crippen LogP contribution in [0.2, 0.25) is 0 Å². The third-order valence-corrected chi connectivity index (χ3v) is 8.26. The number of benzene rings is 1. The molecule has 1 aliphatic heterocycles. The first-order valence-corrected chi connectivity index (χ1v) is 11.7. The Morgan fingerprint density at radius 3 is 2.81 bits per heavy atom. The molecule has 1 N–H and O–H groups in total. The van der Waals surface area contributed by atoms with Crippen LogP contribution >= 0.6 is 11.3 Å². The first-order chi connectivity index (χ1) is 13.1. The summed E-state index contributed by atoms with van der Waals surface area (Å²) >= 11 is 1.79. The van der Waals surface area contributed by atoms with E-state index in [4.69, 9.17) is 4.74 Å². The van der Waals surface area contributed by atoms with E-state index in [0.717, 1.165) is 30.5 Å². The minimum atomic E-state index is -0.894. The van der Waals surface area contributed by atoms with Crippen molar-refractivity contribution in [1.29, 1.82) is 0 Å². The van der Waals surface area contributed by atoms with E-state index >= 15 is 0 Å². The fraction of sp³-hybridized carbons (Fsp3) is 0.476. The molecule has 2 aliphatic rings. The van der Waals surface area contributed by atoms with E-state index in [2.05, 4.69) is 24.4 Å². The molecule has 27 heavy (non-hydrogen) atoms. The van der Waals surface area contributed by atoms with Gasteiger partial charge in [0.25, 0.3) is 0 Å². The van der Waals surface area contributed by atoms with Crippen LogP contribution in [0.1, 0.15) is 40.5 Å². The molecule has 1 saturated carbocycles. The Kier molecular flexibility index (Phi) is 5.76. The van der Waals surface area contributed by atoms with Crippen molar-refractivity contribution >= 4 is 33.7 Å². The smallest absolute Gasteiger partial charge is 0.228 e. The quantitative estimate of drug-likeness (QED) is 0.785. The highest BCUT2D eigenvalue weighted by molar-refractivity contribution is 7.84. The molecule has 4 rings (SSSR count). The van der Waals surface area contributed by atoms with Gasteiger partial charge in [0.1, 0.15) is 0 Å². The van der Waals surface area contributed by atoms with Gasteiger partial charge in [0.2, 0.25) is 5.91 Å². The minimum absolute atomic E-state index is 0.0723. The fourth-order valence-corrected chi connectivity index (χ4v) is 6.16. The Bertz CT molecular complexity index is 841. The topological polar surface area (TPSA) is 55.4 Å². The van der Waals surface area contributed by atoms with Crippen molar-refractivity contribution in [1.82, 2.24) is 0 Å². The van der Waals surface area contributed by atoms with Crippen LogP contribution in [0, 0.1) is 12.8 Å². The van der Waals surface area contributed by atoms with Crippen LogP contribution in [-0.4, -0.2) is 28.6 Å². The molecule has 2 fully saturated rings. The molecule has 1 aromatic heterocycles. The van der Waals surface area contributed by atoms with Crippen molar-refractivity contribution in [3.05, 3.63) is 51.7 Å². The number of hydrogen-bond acceptors (Lipinski definition) is 4. The van der Waals surface area contributed by atoms with E-state index in [1.54, 1.807) is 11.3 Å². The lowest BCUT2D eigenvalue weighted by molar-refractivity contribution is -0.117. The van der Waals surface area contributed by atoms with Crippen molar-refractivity contribution in [2.24, 2.45) is 5.92 Å². The summed E-state index contributed by atoms with van der Waals surface area (Å²) in [5.74, 6) is 1.07. The van der Waals surface area contributed by atoms with Crippen LogP contribution < -0.4 is 5.32 Å². The highest BCUT2D eigenvalue weighted by Gasteiger charge is 2.44. The Morgan fingerprint density at radius 2 is 2.07 bits per heavy atom. The van der Waals surface area contributed by atoms with Crippen LogP contribution in [0.15, 0.2) is 36.4 Å². The Labute approximate surface area is 166 Å². The van der Waals surface area contributed by atoms with E-state index in [-0.39, 0.29) is 17.1 Å². The van der Waals surface area contributed by atoms with Gasteiger partial charge in [-0.1, -0.05) is 12.1 Å². The lowest BCUT2D eigenvalue weighted by Crippen LogP contribution is -2.25. The number of aryl methyl sites for hydroxylation is 1. The molecular formula is C21H25NO3S2. The largest absolute Gasteiger partial charge is 0.381 e. The second kappa shape index (κ2) is 8.25. The van der Waals surface area contributed by atoms with Crippen molar-refractivity contribution in [3.63, 3.8) is 0 Å². The zero-order valence-corrected chi connectivity index (χ0v) is 17.1. The molecule has 6 heteroatoms. The van der Waals surface area contributed by atoms with Gasteiger partial charge in [0.15, 0.2) is 0 Å². The van der Waals surface area contributed by atoms with Gasteiger partial charge >= 0.3 is 0 Å². The standard InChI is InChI=1S/C21H25NO3S2/c1-14-5-6-20(26-14)18-12-19(18)21(23)22-16-4-2-3-15(11-16)13-27(24)17-7-9-25-10-8-17/h2-6,11,17-19H,7-10,12-13H2,1H3,(H,22,23). The third kappa shape index (κ3) is 4.68. The first-order valence-electron chi connectivity index (χ1n) is 9.51. The molecule has 3 unspecified atom stereocenters. The number of amides is 1. The molecule has 1 aromatic carbocycles. The number of rotatable bonds is 6. The number of carbonyl (C=O) groups is 1. The highest BCUT2D eigenvalue weighted by atomic mass is 32.2. The van der Waals surface area contributed by atoms with Crippen LogP contribution in [0.5, 0.6) is 0 Å². The third-order valence-electron chi connectivity index (χ3n) is 5.30. The van der Waals surface area contributed by atoms with E-state index in [9.17, 15) is 9.00 Å². The molecule has 2 aromatic rings. The molecule has 0 bridgehead atoms.